The molecule has 0 aliphatic carbocycles. The highest BCUT2D eigenvalue weighted by Crippen LogP contribution is 2.29. The van der Waals surface area contributed by atoms with Crippen LogP contribution in [0.2, 0.25) is 0 Å². The van der Waals surface area contributed by atoms with Gasteiger partial charge in [0.15, 0.2) is 5.75 Å². The average molecular weight is 347 g/mol. The van der Waals surface area contributed by atoms with Crippen LogP contribution in [0.5, 0.6) is 5.75 Å². The standard InChI is InChI=1S/C16H17N3O4S/c1-23-14-8-12(2-3-13(14)19(21)22)17-9-16(20)18-6-4-15-11(10-18)5-7-24-15/h2-3,5,7-8,17H,4,6,9-10H2,1H3. The van der Waals surface area contributed by atoms with E-state index in [-0.39, 0.29) is 23.9 Å². The van der Waals surface area contributed by atoms with Gasteiger partial charge in [0.1, 0.15) is 0 Å². The SMILES string of the molecule is COc1cc(NCC(=O)N2CCc3sccc3C2)ccc1[N+](=O)[O-]. The molecule has 0 saturated heterocycles. The van der Waals surface area contributed by atoms with Crippen LogP contribution >= 0.6 is 11.3 Å². The van der Waals surface area contributed by atoms with Gasteiger partial charge >= 0.3 is 5.69 Å². The lowest BCUT2D eigenvalue weighted by atomic mass is 10.1. The molecule has 0 unspecified atom stereocenters. The largest absolute Gasteiger partial charge is 0.490 e. The topological polar surface area (TPSA) is 84.7 Å². The molecule has 2 aromatic rings. The highest BCUT2D eigenvalue weighted by atomic mass is 32.1. The summed E-state index contributed by atoms with van der Waals surface area (Å²) in [7, 11) is 1.38. The zero-order valence-electron chi connectivity index (χ0n) is 13.2. The first-order valence-electron chi connectivity index (χ1n) is 7.48. The van der Waals surface area contributed by atoms with Crippen LogP contribution in [0.4, 0.5) is 11.4 Å². The quantitative estimate of drug-likeness (QED) is 0.664. The van der Waals surface area contributed by atoms with Crippen molar-refractivity contribution in [1.29, 1.82) is 0 Å². The fourth-order valence-electron chi connectivity index (χ4n) is 2.69. The van der Waals surface area contributed by atoms with Crippen LogP contribution in [-0.2, 0) is 17.8 Å². The zero-order valence-corrected chi connectivity index (χ0v) is 14.0. The van der Waals surface area contributed by atoms with Crippen LogP contribution in [0.25, 0.3) is 0 Å². The molecule has 0 atom stereocenters. The van der Waals surface area contributed by atoms with E-state index in [0.29, 0.717) is 12.2 Å². The van der Waals surface area contributed by atoms with E-state index < -0.39 is 4.92 Å². The Morgan fingerprint density at radius 3 is 3.04 bits per heavy atom. The number of nitrogens with one attached hydrogen (secondary N) is 1. The number of benzene rings is 1. The number of carbonyl (C=O) groups excluding carboxylic acids is 1. The molecular formula is C16H17N3O4S. The van der Waals surface area contributed by atoms with Gasteiger partial charge in [-0.1, -0.05) is 0 Å². The summed E-state index contributed by atoms with van der Waals surface area (Å²) in [6.45, 7) is 1.50. The average Bonchev–Trinajstić information content (AvgIpc) is 3.06. The fraction of sp³-hybridized carbons (Fsp3) is 0.312. The molecule has 1 aliphatic heterocycles. The summed E-state index contributed by atoms with van der Waals surface area (Å²) in [6, 6.07) is 6.53. The molecule has 2 heterocycles. The van der Waals surface area contributed by atoms with Crippen molar-refractivity contribution in [2.24, 2.45) is 0 Å². The van der Waals surface area contributed by atoms with E-state index >= 15 is 0 Å². The van der Waals surface area contributed by atoms with Crippen LogP contribution < -0.4 is 10.1 Å². The van der Waals surface area contributed by atoms with Gasteiger partial charge in [-0.3, -0.25) is 14.9 Å². The predicted octanol–water partition coefficient (Wildman–Crippen LogP) is 2.66. The summed E-state index contributed by atoms with van der Waals surface area (Å²) in [5.74, 6) is 0.169. The summed E-state index contributed by atoms with van der Waals surface area (Å²) in [5.41, 5.74) is 1.73. The zero-order chi connectivity index (χ0) is 17.1. The van der Waals surface area contributed by atoms with Crippen LogP contribution in [0.3, 0.4) is 0 Å². The van der Waals surface area contributed by atoms with Gasteiger partial charge in [-0.2, -0.15) is 0 Å². The number of hydrogen-bond acceptors (Lipinski definition) is 6. The number of ether oxygens (including phenoxy) is 1. The second-order valence-electron chi connectivity index (χ2n) is 5.43. The monoisotopic (exact) mass is 347 g/mol. The van der Waals surface area contributed by atoms with Crippen LogP contribution in [0.1, 0.15) is 10.4 Å². The van der Waals surface area contributed by atoms with Gasteiger partial charge in [-0.05, 0) is 29.5 Å². The number of hydrogen-bond donors (Lipinski definition) is 1. The van der Waals surface area contributed by atoms with Crippen molar-refractivity contribution < 1.29 is 14.5 Å². The Bertz CT molecular complexity index is 774. The fourth-order valence-corrected chi connectivity index (χ4v) is 3.58. The molecule has 1 aromatic heterocycles. The second kappa shape index (κ2) is 6.88. The molecule has 24 heavy (non-hydrogen) atoms. The Kier molecular flexibility index (Phi) is 4.66. The van der Waals surface area contributed by atoms with Gasteiger partial charge < -0.3 is 15.0 Å². The first kappa shape index (κ1) is 16.3. The van der Waals surface area contributed by atoms with Crippen molar-refractivity contribution in [3.05, 3.63) is 50.2 Å². The number of nitro benzene ring substituents is 1. The van der Waals surface area contributed by atoms with Gasteiger partial charge in [-0.15, -0.1) is 11.3 Å². The molecule has 0 radical (unpaired) electrons. The summed E-state index contributed by atoms with van der Waals surface area (Å²) in [5, 5.41) is 16.0. The third-order valence-corrected chi connectivity index (χ3v) is 5.00. The van der Waals surface area contributed by atoms with Gasteiger partial charge in [0, 0.05) is 35.8 Å². The van der Waals surface area contributed by atoms with Gasteiger partial charge in [0.25, 0.3) is 0 Å². The highest BCUT2D eigenvalue weighted by molar-refractivity contribution is 7.10. The Labute approximate surface area is 143 Å². The van der Waals surface area contributed by atoms with E-state index in [1.807, 2.05) is 4.90 Å². The lowest BCUT2D eigenvalue weighted by Crippen LogP contribution is -2.38. The number of fused-ring (bicyclic) bond motifs is 1. The molecule has 1 N–H and O–H groups in total. The van der Waals surface area contributed by atoms with Gasteiger partial charge in [-0.25, -0.2) is 0 Å². The summed E-state index contributed by atoms with van der Waals surface area (Å²) < 4.78 is 5.02. The number of rotatable bonds is 5. The third-order valence-electron chi connectivity index (χ3n) is 3.98. The predicted molar refractivity (Wildman–Crippen MR) is 91.6 cm³/mol. The minimum absolute atomic E-state index is 0.00386. The van der Waals surface area contributed by atoms with Crippen LogP contribution in [0.15, 0.2) is 29.6 Å². The summed E-state index contributed by atoms with van der Waals surface area (Å²) in [6.07, 6.45) is 0.893. The lowest BCUT2D eigenvalue weighted by Gasteiger charge is -2.27. The van der Waals surface area contributed by atoms with Gasteiger partial charge in [0.2, 0.25) is 5.91 Å². The number of anilines is 1. The van der Waals surface area contributed by atoms with Gasteiger partial charge in [0.05, 0.1) is 18.6 Å². The minimum Gasteiger partial charge on any atom is -0.490 e. The number of carbonyl (C=O) groups is 1. The van der Waals surface area contributed by atoms with E-state index in [0.717, 1.165) is 13.0 Å². The van der Waals surface area contributed by atoms with E-state index in [1.165, 1.54) is 29.7 Å². The van der Waals surface area contributed by atoms with Crippen molar-refractivity contribution in [2.45, 2.75) is 13.0 Å². The smallest absolute Gasteiger partial charge is 0.311 e. The lowest BCUT2D eigenvalue weighted by molar-refractivity contribution is -0.385. The number of amides is 1. The molecule has 3 rings (SSSR count). The second-order valence-corrected chi connectivity index (χ2v) is 6.43. The van der Waals surface area contributed by atoms with E-state index in [4.69, 9.17) is 4.74 Å². The third kappa shape index (κ3) is 3.33. The van der Waals surface area contributed by atoms with Crippen LogP contribution in [-0.4, -0.2) is 35.9 Å². The normalized spacial score (nSPS) is 13.3. The minimum atomic E-state index is -0.500. The Balaban J connectivity index is 1.61. The molecule has 7 nitrogen and oxygen atoms in total. The molecule has 0 fully saturated rings. The number of methoxy groups -OCH3 is 1. The maximum atomic E-state index is 12.4. The van der Waals surface area contributed by atoms with Crippen molar-refractivity contribution >= 4 is 28.6 Å². The highest BCUT2D eigenvalue weighted by Gasteiger charge is 2.21. The first-order valence-corrected chi connectivity index (χ1v) is 8.36. The molecule has 1 aliphatic rings. The van der Waals surface area contributed by atoms with Crippen molar-refractivity contribution in [3.8, 4) is 5.75 Å². The molecule has 0 saturated carbocycles. The molecule has 1 aromatic carbocycles. The molecule has 126 valence electrons. The molecular weight excluding hydrogens is 330 g/mol. The Hall–Kier alpha value is -2.61. The van der Waals surface area contributed by atoms with E-state index in [1.54, 1.807) is 17.4 Å². The summed E-state index contributed by atoms with van der Waals surface area (Å²) in [4.78, 5) is 25.9. The maximum absolute atomic E-state index is 12.4. The van der Waals surface area contributed by atoms with Crippen molar-refractivity contribution in [2.75, 3.05) is 25.5 Å². The first-order chi connectivity index (χ1) is 11.6. The number of nitro groups is 1. The summed E-state index contributed by atoms with van der Waals surface area (Å²) >= 11 is 1.73. The van der Waals surface area contributed by atoms with Crippen molar-refractivity contribution in [3.63, 3.8) is 0 Å². The van der Waals surface area contributed by atoms with Crippen molar-refractivity contribution in [1.82, 2.24) is 4.90 Å². The molecule has 8 heteroatoms. The Morgan fingerprint density at radius 1 is 1.46 bits per heavy atom. The molecule has 0 bridgehead atoms. The molecule has 1 amide bonds. The van der Waals surface area contributed by atoms with E-state index in [9.17, 15) is 14.9 Å². The molecule has 0 spiro atoms. The number of thiophene rings is 1. The maximum Gasteiger partial charge on any atom is 0.311 e. The Morgan fingerprint density at radius 2 is 2.29 bits per heavy atom. The van der Waals surface area contributed by atoms with E-state index in [2.05, 4.69) is 16.8 Å². The number of nitrogens with zero attached hydrogens (tertiary/aromatic N) is 2. The van der Waals surface area contributed by atoms with Crippen LogP contribution in [0, 0.1) is 10.1 Å².